The molecule has 0 aliphatic carbocycles. The zero-order chi connectivity index (χ0) is 13.4. The first kappa shape index (κ1) is 11.7. The summed E-state index contributed by atoms with van der Waals surface area (Å²) in [6, 6.07) is 16.5. The third kappa shape index (κ3) is 1.95. The predicted octanol–water partition coefficient (Wildman–Crippen LogP) is 4.10. The fourth-order valence-corrected chi connectivity index (χ4v) is 2.40. The van der Waals surface area contributed by atoms with Gasteiger partial charge >= 0.3 is 0 Å². The summed E-state index contributed by atoms with van der Waals surface area (Å²) < 4.78 is 0. The lowest BCUT2D eigenvalue weighted by Crippen LogP contribution is -1.97. The van der Waals surface area contributed by atoms with E-state index in [0.29, 0.717) is 5.82 Å². The van der Waals surface area contributed by atoms with Crippen molar-refractivity contribution in [3.8, 4) is 11.1 Å². The Morgan fingerprint density at radius 1 is 0.895 bits per heavy atom. The Balaban J connectivity index is 2.34. The molecule has 1 heterocycles. The van der Waals surface area contributed by atoms with Crippen molar-refractivity contribution in [3.63, 3.8) is 0 Å². The van der Waals surface area contributed by atoms with Gasteiger partial charge in [0.1, 0.15) is 5.82 Å². The molecule has 0 amide bonds. The van der Waals surface area contributed by atoms with E-state index in [1.165, 1.54) is 10.9 Å². The molecule has 94 valence electrons. The number of aryl methyl sites for hydroxylation is 2. The summed E-state index contributed by atoms with van der Waals surface area (Å²) in [6.45, 7) is 4.17. The van der Waals surface area contributed by atoms with Crippen LogP contribution in [0.25, 0.3) is 22.0 Å². The first-order valence-electron chi connectivity index (χ1n) is 6.38. The maximum atomic E-state index is 6.13. The number of fused-ring (bicyclic) bond motifs is 1. The maximum Gasteiger partial charge on any atom is 0.132 e. The Morgan fingerprint density at radius 2 is 1.58 bits per heavy atom. The minimum absolute atomic E-state index is 0.590. The van der Waals surface area contributed by atoms with Gasteiger partial charge in [-0.3, -0.25) is 0 Å². The molecule has 19 heavy (non-hydrogen) atoms. The van der Waals surface area contributed by atoms with E-state index in [2.05, 4.69) is 49.2 Å². The number of rotatable bonds is 1. The lowest BCUT2D eigenvalue weighted by atomic mass is 10.00. The first-order valence-corrected chi connectivity index (χ1v) is 6.38. The molecule has 0 aliphatic rings. The summed E-state index contributed by atoms with van der Waals surface area (Å²) >= 11 is 0. The third-order valence-electron chi connectivity index (χ3n) is 3.52. The molecule has 2 N–H and O–H groups in total. The molecule has 3 rings (SSSR count). The van der Waals surface area contributed by atoms with Crippen molar-refractivity contribution < 1.29 is 0 Å². The van der Waals surface area contributed by atoms with Gasteiger partial charge in [0.05, 0.1) is 5.52 Å². The van der Waals surface area contributed by atoms with Crippen LogP contribution >= 0.6 is 0 Å². The lowest BCUT2D eigenvalue weighted by molar-refractivity contribution is 1.35. The van der Waals surface area contributed by atoms with Gasteiger partial charge in [-0.2, -0.15) is 0 Å². The second kappa shape index (κ2) is 4.39. The molecular formula is C17H16N2. The normalized spacial score (nSPS) is 10.8. The Hall–Kier alpha value is -2.35. The number of pyridine rings is 1. The zero-order valence-corrected chi connectivity index (χ0v) is 11.1. The van der Waals surface area contributed by atoms with Gasteiger partial charge in [-0.1, -0.05) is 42.5 Å². The Morgan fingerprint density at radius 3 is 2.32 bits per heavy atom. The fraction of sp³-hybridized carbons (Fsp3) is 0.118. The molecule has 0 saturated heterocycles. The zero-order valence-electron chi connectivity index (χ0n) is 11.1. The van der Waals surface area contributed by atoms with E-state index in [1.54, 1.807) is 0 Å². The summed E-state index contributed by atoms with van der Waals surface area (Å²) in [7, 11) is 0. The first-order chi connectivity index (χ1) is 9.16. The highest BCUT2D eigenvalue weighted by Gasteiger charge is 2.09. The molecule has 0 atom stereocenters. The van der Waals surface area contributed by atoms with Gasteiger partial charge in [-0.25, -0.2) is 4.98 Å². The van der Waals surface area contributed by atoms with Gasteiger partial charge in [-0.05, 0) is 36.6 Å². The summed E-state index contributed by atoms with van der Waals surface area (Å²) in [4.78, 5) is 4.59. The minimum Gasteiger partial charge on any atom is -0.383 e. The summed E-state index contributed by atoms with van der Waals surface area (Å²) in [6.07, 6.45) is 0. The van der Waals surface area contributed by atoms with Crippen molar-refractivity contribution >= 4 is 16.7 Å². The number of benzene rings is 2. The van der Waals surface area contributed by atoms with Crippen LogP contribution in [0, 0.1) is 13.8 Å². The molecule has 0 unspecified atom stereocenters. The van der Waals surface area contributed by atoms with E-state index in [9.17, 15) is 0 Å². The summed E-state index contributed by atoms with van der Waals surface area (Å²) in [5, 5.41) is 1.17. The van der Waals surface area contributed by atoms with Crippen LogP contribution in [0.15, 0.2) is 48.5 Å². The Bertz CT molecular complexity index is 746. The van der Waals surface area contributed by atoms with Crippen molar-refractivity contribution in [1.29, 1.82) is 0 Å². The van der Waals surface area contributed by atoms with Crippen LogP contribution in [0.5, 0.6) is 0 Å². The van der Waals surface area contributed by atoms with Crippen LogP contribution in [0.2, 0.25) is 0 Å². The van der Waals surface area contributed by atoms with Crippen LogP contribution in [0.1, 0.15) is 11.1 Å². The van der Waals surface area contributed by atoms with Crippen molar-refractivity contribution in [1.82, 2.24) is 4.98 Å². The van der Waals surface area contributed by atoms with Crippen LogP contribution < -0.4 is 5.73 Å². The van der Waals surface area contributed by atoms with Gasteiger partial charge in [0.25, 0.3) is 0 Å². The van der Waals surface area contributed by atoms with Crippen LogP contribution in [0.4, 0.5) is 5.82 Å². The molecule has 2 aromatic carbocycles. The average molecular weight is 248 g/mol. The average Bonchev–Trinajstić information content (AvgIpc) is 2.44. The highest BCUT2D eigenvalue weighted by molar-refractivity contribution is 5.92. The Labute approximate surface area is 112 Å². The third-order valence-corrected chi connectivity index (χ3v) is 3.52. The second-order valence-corrected chi connectivity index (χ2v) is 4.88. The fourth-order valence-electron chi connectivity index (χ4n) is 2.40. The van der Waals surface area contributed by atoms with Crippen molar-refractivity contribution in [2.24, 2.45) is 0 Å². The Kier molecular flexibility index (Phi) is 2.71. The number of nitrogens with two attached hydrogens (primary N) is 1. The number of aromatic nitrogens is 1. The second-order valence-electron chi connectivity index (χ2n) is 4.88. The van der Waals surface area contributed by atoms with Crippen molar-refractivity contribution in [2.45, 2.75) is 13.8 Å². The van der Waals surface area contributed by atoms with E-state index in [1.807, 2.05) is 18.2 Å². The van der Waals surface area contributed by atoms with Crippen LogP contribution in [-0.2, 0) is 0 Å². The molecule has 2 heteroatoms. The van der Waals surface area contributed by atoms with Gasteiger partial charge in [0.2, 0.25) is 0 Å². The highest BCUT2D eigenvalue weighted by atomic mass is 14.8. The highest BCUT2D eigenvalue weighted by Crippen LogP contribution is 2.30. The lowest BCUT2D eigenvalue weighted by Gasteiger charge is -2.10. The van der Waals surface area contributed by atoms with E-state index >= 15 is 0 Å². The van der Waals surface area contributed by atoms with Gasteiger partial charge in [-0.15, -0.1) is 0 Å². The molecule has 0 aliphatic heterocycles. The smallest absolute Gasteiger partial charge is 0.132 e. The summed E-state index contributed by atoms with van der Waals surface area (Å²) in [5.74, 6) is 0.590. The van der Waals surface area contributed by atoms with Crippen molar-refractivity contribution in [2.75, 3.05) is 5.73 Å². The molecule has 0 fully saturated rings. The molecule has 0 spiro atoms. The van der Waals surface area contributed by atoms with Crippen LogP contribution in [-0.4, -0.2) is 4.98 Å². The van der Waals surface area contributed by atoms with Gasteiger partial charge in [0, 0.05) is 10.9 Å². The number of anilines is 1. The number of nitrogen functional groups attached to an aromatic ring is 1. The molecule has 3 aromatic rings. The standard InChI is InChI=1S/C17H16N2/c1-11-8-9-12(2)16-14(11)10-15(17(18)19-16)13-6-4-3-5-7-13/h3-10H,1-2H3,(H2,18,19). The topological polar surface area (TPSA) is 38.9 Å². The van der Waals surface area contributed by atoms with Gasteiger partial charge in [0.15, 0.2) is 0 Å². The minimum atomic E-state index is 0.590. The summed E-state index contributed by atoms with van der Waals surface area (Å²) in [5.41, 5.74) is 11.6. The van der Waals surface area contributed by atoms with E-state index in [0.717, 1.165) is 22.2 Å². The van der Waals surface area contributed by atoms with E-state index in [4.69, 9.17) is 5.73 Å². The monoisotopic (exact) mass is 248 g/mol. The predicted molar refractivity (Wildman–Crippen MR) is 81.1 cm³/mol. The van der Waals surface area contributed by atoms with Gasteiger partial charge < -0.3 is 5.73 Å². The van der Waals surface area contributed by atoms with E-state index < -0.39 is 0 Å². The molecular weight excluding hydrogens is 232 g/mol. The number of nitrogens with zero attached hydrogens (tertiary/aromatic N) is 1. The van der Waals surface area contributed by atoms with Crippen molar-refractivity contribution in [3.05, 3.63) is 59.7 Å². The molecule has 1 aromatic heterocycles. The van der Waals surface area contributed by atoms with E-state index in [-0.39, 0.29) is 0 Å². The number of hydrogen-bond donors (Lipinski definition) is 1. The molecule has 2 nitrogen and oxygen atoms in total. The van der Waals surface area contributed by atoms with Crippen LogP contribution in [0.3, 0.4) is 0 Å². The largest absolute Gasteiger partial charge is 0.383 e. The number of hydrogen-bond acceptors (Lipinski definition) is 2. The quantitative estimate of drug-likeness (QED) is 0.704. The SMILES string of the molecule is Cc1ccc(C)c2nc(N)c(-c3ccccc3)cc12. The molecule has 0 saturated carbocycles. The molecule has 0 bridgehead atoms. The molecule has 0 radical (unpaired) electrons. The maximum absolute atomic E-state index is 6.13.